The second-order valence-corrected chi connectivity index (χ2v) is 11.1. The van der Waals surface area contributed by atoms with Gasteiger partial charge in [-0.1, -0.05) is 141 Å². The molecule has 0 aromatic heterocycles. The van der Waals surface area contributed by atoms with E-state index in [9.17, 15) is 5.48 Å². The van der Waals surface area contributed by atoms with Crippen molar-refractivity contribution in [1.29, 1.82) is 0 Å². The first-order chi connectivity index (χ1) is 22.9. The molecule has 0 unspecified atom stereocenters. The van der Waals surface area contributed by atoms with Gasteiger partial charge in [0.1, 0.15) is 0 Å². The van der Waals surface area contributed by atoms with E-state index in [0.717, 1.165) is 33.0 Å². The molecule has 40 heavy (non-hydrogen) atoms. The molecule has 190 valence electrons. The van der Waals surface area contributed by atoms with Crippen molar-refractivity contribution in [2.24, 2.45) is 0 Å². The molecule has 0 N–H and O–H groups in total. The summed E-state index contributed by atoms with van der Waals surface area (Å²) in [6, 6.07) is 25.5. The minimum atomic E-state index is -0.390. The van der Waals surface area contributed by atoms with E-state index in [-0.39, 0.29) is 81.7 Å². The summed E-state index contributed by atoms with van der Waals surface area (Å²) >= 11 is 0. The monoisotopic (exact) mass is 518 g/mol. The Bertz CT molecular complexity index is 2460. The van der Waals surface area contributed by atoms with Crippen LogP contribution in [0.2, 0.25) is 0 Å². The molecule has 0 fully saturated rings. The molecule has 0 atom stereocenters. The van der Waals surface area contributed by atoms with E-state index in [4.69, 9.17) is 5.48 Å². The average Bonchev–Trinajstić information content (AvgIpc) is 3.33. The minimum Gasteiger partial charge on any atom is -0.0619 e. The molecule has 0 amide bonds. The van der Waals surface area contributed by atoms with Crippen LogP contribution in [0.4, 0.5) is 0 Å². The highest BCUT2D eigenvalue weighted by atomic mass is 14.4. The van der Waals surface area contributed by atoms with Gasteiger partial charge >= 0.3 is 0 Å². The fraction of sp³-hybridized carbons (Fsp3) is 0.100. The van der Waals surface area contributed by atoms with E-state index >= 15 is 0 Å². The van der Waals surface area contributed by atoms with Crippen LogP contribution in [0.3, 0.4) is 0 Å². The maximum absolute atomic E-state index is 9.27. The zero-order chi connectivity index (χ0) is 33.8. The fourth-order valence-electron chi connectivity index (χ4n) is 6.67. The third-order valence-corrected chi connectivity index (χ3v) is 8.60. The second kappa shape index (κ2) is 8.66. The molecule has 0 radical (unpaired) electrons. The Morgan fingerprint density at radius 2 is 1.20 bits per heavy atom. The van der Waals surface area contributed by atoms with Gasteiger partial charge < -0.3 is 0 Å². The number of fused-ring (bicyclic) bond motifs is 6. The largest absolute Gasteiger partial charge is 0.0629 e. The molecule has 0 spiro atoms. The van der Waals surface area contributed by atoms with E-state index in [0.29, 0.717) is 16.7 Å². The Labute approximate surface area is 246 Å². The van der Waals surface area contributed by atoms with Crippen molar-refractivity contribution in [3.63, 3.8) is 0 Å². The first kappa shape index (κ1) is 16.4. The molecule has 0 bridgehead atoms. The standard InChI is InChI=1S/C40H30/c1-40(2)37-21-10-9-18-32(37)33-23-22-28(25-38(33)40)39-34-19-7-5-16-30(34)36(31-17-6-8-20-35(31)39)24-27-14-11-13-26-12-3-4-15-29(26)27/h3-23,25H,24H2,1-2H3/i5D,6D,7D,8D,16D,17D,19D,20D. The van der Waals surface area contributed by atoms with Gasteiger partial charge in [-0.05, 0) is 89.3 Å². The van der Waals surface area contributed by atoms with Crippen molar-refractivity contribution in [3.8, 4) is 22.3 Å². The molecular weight excluding hydrogens is 480 g/mol. The predicted molar refractivity (Wildman–Crippen MR) is 171 cm³/mol. The van der Waals surface area contributed by atoms with Crippen molar-refractivity contribution in [1.82, 2.24) is 0 Å². The van der Waals surface area contributed by atoms with E-state index in [2.05, 4.69) is 26.0 Å². The fourth-order valence-corrected chi connectivity index (χ4v) is 6.67. The van der Waals surface area contributed by atoms with Gasteiger partial charge in [-0.3, -0.25) is 0 Å². The van der Waals surface area contributed by atoms with Gasteiger partial charge in [0.15, 0.2) is 0 Å². The van der Waals surface area contributed by atoms with E-state index in [1.54, 1.807) is 0 Å². The number of benzene rings is 7. The van der Waals surface area contributed by atoms with E-state index < -0.39 is 0 Å². The summed E-state index contributed by atoms with van der Waals surface area (Å²) in [5, 5.41) is 3.01. The molecule has 0 heterocycles. The lowest BCUT2D eigenvalue weighted by molar-refractivity contribution is 0.660. The molecule has 0 aliphatic heterocycles. The summed E-state index contributed by atoms with van der Waals surface area (Å²) in [5.74, 6) is 0. The topological polar surface area (TPSA) is 0 Å². The van der Waals surface area contributed by atoms with Crippen LogP contribution in [0.15, 0.2) is 133 Å². The van der Waals surface area contributed by atoms with Gasteiger partial charge in [-0.2, -0.15) is 0 Å². The lowest BCUT2D eigenvalue weighted by Gasteiger charge is -2.23. The Hall–Kier alpha value is -4.68. The van der Waals surface area contributed by atoms with Crippen molar-refractivity contribution in [3.05, 3.63) is 156 Å². The van der Waals surface area contributed by atoms with Gasteiger partial charge in [0, 0.05) is 5.41 Å². The van der Waals surface area contributed by atoms with Gasteiger partial charge in [-0.25, -0.2) is 0 Å². The first-order valence-electron chi connectivity index (χ1n) is 17.6. The molecule has 1 aliphatic carbocycles. The number of hydrogen-bond acceptors (Lipinski definition) is 0. The maximum Gasteiger partial charge on any atom is 0.0629 e. The van der Waals surface area contributed by atoms with Crippen LogP contribution in [-0.2, 0) is 11.8 Å². The molecule has 1 aliphatic rings. The van der Waals surface area contributed by atoms with Crippen LogP contribution in [0.5, 0.6) is 0 Å². The normalized spacial score (nSPS) is 16.4. The number of hydrogen-bond donors (Lipinski definition) is 0. The SMILES string of the molecule is [2H]c1c([2H])c([2H])c2c(-c3ccc4c(c3)C(C)(C)c3ccccc3-4)c3c([2H])c([2H])c([2H])c([2H])c3c(Cc3cccc4ccccc34)c2c1[2H]. The highest BCUT2D eigenvalue weighted by molar-refractivity contribution is 6.15. The molecule has 0 saturated carbocycles. The third-order valence-electron chi connectivity index (χ3n) is 8.60. The molecular formula is C40H30. The van der Waals surface area contributed by atoms with E-state index in [1.807, 2.05) is 72.8 Å². The van der Waals surface area contributed by atoms with Gasteiger partial charge in [0.25, 0.3) is 0 Å². The zero-order valence-electron chi connectivity index (χ0n) is 30.3. The molecule has 7 aromatic carbocycles. The zero-order valence-corrected chi connectivity index (χ0v) is 22.3. The minimum absolute atomic E-state index is 0.200. The summed E-state index contributed by atoms with van der Waals surface area (Å²) in [5.41, 5.74) is 6.43. The van der Waals surface area contributed by atoms with Crippen LogP contribution < -0.4 is 0 Å². The van der Waals surface area contributed by atoms with Crippen LogP contribution in [0.25, 0.3) is 54.6 Å². The highest BCUT2D eigenvalue weighted by Crippen LogP contribution is 2.50. The average molecular weight is 519 g/mol. The van der Waals surface area contributed by atoms with Gasteiger partial charge in [0.05, 0.1) is 11.0 Å². The molecule has 8 rings (SSSR count). The first-order valence-corrected chi connectivity index (χ1v) is 13.6. The number of rotatable bonds is 3. The van der Waals surface area contributed by atoms with Crippen LogP contribution >= 0.6 is 0 Å². The smallest absolute Gasteiger partial charge is 0.0619 e. The molecule has 0 nitrogen and oxygen atoms in total. The maximum atomic E-state index is 9.27. The molecule has 7 aromatic rings. The highest BCUT2D eigenvalue weighted by Gasteiger charge is 2.35. The summed E-state index contributed by atoms with van der Waals surface area (Å²) in [6.07, 6.45) is 0.200. The van der Waals surface area contributed by atoms with Crippen molar-refractivity contribution >= 4 is 32.3 Å². The van der Waals surface area contributed by atoms with E-state index in [1.165, 1.54) is 5.56 Å². The van der Waals surface area contributed by atoms with Gasteiger partial charge in [-0.15, -0.1) is 0 Å². The quantitative estimate of drug-likeness (QED) is 0.204. The van der Waals surface area contributed by atoms with Crippen molar-refractivity contribution in [2.45, 2.75) is 25.7 Å². The Morgan fingerprint density at radius 3 is 1.98 bits per heavy atom. The van der Waals surface area contributed by atoms with Crippen LogP contribution in [-0.4, -0.2) is 0 Å². The van der Waals surface area contributed by atoms with Crippen molar-refractivity contribution in [2.75, 3.05) is 0 Å². The summed E-state index contributed by atoms with van der Waals surface area (Å²) < 4.78 is 71.9. The van der Waals surface area contributed by atoms with Crippen molar-refractivity contribution < 1.29 is 11.0 Å². The Morgan fingerprint density at radius 1 is 0.575 bits per heavy atom. The molecule has 0 saturated heterocycles. The summed E-state index contributed by atoms with van der Waals surface area (Å²) in [4.78, 5) is 0. The Balaban J connectivity index is 1.57. The third kappa shape index (κ3) is 3.32. The predicted octanol–water partition coefficient (Wildman–Crippen LogP) is 10.7. The lowest BCUT2D eigenvalue weighted by atomic mass is 9.80. The summed E-state index contributed by atoms with van der Waals surface area (Å²) in [7, 11) is 0. The second-order valence-electron chi connectivity index (χ2n) is 11.1. The lowest BCUT2D eigenvalue weighted by Crippen LogP contribution is -2.14. The molecule has 0 heteroatoms. The van der Waals surface area contributed by atoms with Gasteiger partial charge in [0.2, 0.25) is 0 Å². The Kier molecular flexibility index (Phi) is 3.56. The van der Waals surface area contributed by atoms with Crippen LogP contribution in [0, 0.1) is 0 Å². The summed E-state index contributed by atoms with van der Waals surface area (Å²) in [6.45, 7) is 4.31. The van der Waals surface area contributed by atoms with Crippen LogP contribution in [0.1, 0.15) is 47.1 Å².